The number of carbonyl (C=O) groups is 1. The molecule has 3 heteroatoms. The summed E-state index contributed by atoms with van der Waals surface area (Å²) < 4.78 is 1.05. The van der Waals surface area contributed by atoms with Crippen LogP contribution in [0.3, 0.4) is 0 Å². The molecule has 1 atom stereocenters. The van der Waals surface area contributed by atoms with Crippen LogP contribution in [0.15, 0.2) is 22.7 Å². The lowest BCUT2D eigenvalue weighted by atomic mass is 10.0. The molecule has 1 unspecified atom stereocenters. The first kappa shape index (κ1) is 14.6. The molecule has 1 aromatic carbocycles. The average molecular weight is 324 g/mol. The molecule has 0 spiro atoms. The van der Waals surface area contributed by atoms with Gasteiger partial charge in [0.1, 0.15) is 0 Å². The quantitative estimate of drug-likeness (QED) is 0.744. The summed E-state index contributed by atoms with van der Waals surface area (Å²) in [6.07, 6.45) is 6.21. The molecule has 104 valence electrons. The number of hydrogen-bond acceptors (Lipinski definition) is 2. The third-order valence-electron chi connectivity index (χ3n) is 4.00. The lowest BCUT2D eigenvalue weighted by molar-refractivity contribution is 0.101. The van der Waals surface area contributed by atoms with E-state index in [1.54, 1.807) is 6.92 Å². The van der Waals surface area contributed by atoms with Gasteiger partial charge in [-0.1, -0.05) is 35.7 Å². The zero-order chi connectivity index (χ0) is 13.8. The number of carbonyl (C=O) groups excluding carboxylic acids is 1. The van der Waals surface area contributed by atoms with Gasteiger partial charge in [0.15, 0.2) is 5.78 Å². The van der Waals surface area contributed by atoms with Gasteiger partial charge in [0.05, 0.1) is 0 Å². The van der Waals surface area contributed by atoms with Crippen molar-refractivity contribution in [3.05, 3.63) is 28.2 Å². The Balaban J connectivity index is 2.42. The summed E-state index contributed by atoms with van der Waals surface area (Å²) in [6.45, 7) is 4.97. The molecule has 2 nitrogen and oxygen atoms in total. The lowest BCUT2D eigenvalue weighted by Crippen LogP contribution is -2.35. The fraction of sp³-hybridized carbons (Fsp3) is 0.562. The molecule has 1 aromatic rings. The molecule has 0 amide bonds. The highest BCUT2D eigenvalue weighted by molar-refractivity contribution is 9.10. The predicted molar refractivity (Wildman–Crippen MR) is 84.0 cm³/mol. The van der Waals surface area contributed by atoms with Crippen LogP contribution in [0.5, 0.6) is 0 Å². The maximum absolute atomic E-state index is 11.9. The van der Waals surface area contributed by atoms with Crippen molar-refractivity contribution in [3.8, 4) is 0 Å². The van der Waals surface area contributed by atoms with E-state index in [9.17, 15) is 4.79 Å². The van der Waals surface area contributed by atoms with Crippen molar-refractivity contribution in [3.63, 3.8) is 0 Å². The molecular weight excluding hydrogens is 302 g/mol. The molecule has 1 aliphatic rings. The third-order valence-corrected chi connectivity index (χ3v) is 4.49. The number of anilines is 1. The molecule has 1 heterocycles. The maximum Gasteiger partial charge on any atom is 0.161 e. The molecule has 0 N–H and O–H groups in total. The van der Waals surface area contributed by atoms with E-state index in [-0.39, 0.29) is 5.78 Å². The predicted octanol–water partition coefficient (Wildman–Crippen LogP) is 4.81. The highest BCUT2D eigenvalue weighted by Crippen LogP contribution is 2.31. The lowest BCUT2D eigenvalue weighted by Gasteiger charge is -2.33. The number of nitrogens with zero attached hydrogens (tertiary/aromatic N) is 1. The topological polar surface area (TPSA) is 20.3 Å². The number of benzene rings is 1. The van der Waals surface area contributed by atoms with E-state index in [0.717, 1.165) is 28.7 Å². The summed E-state index contributed by atoms with van der Waals surface area (Å²) >= 11 is 3.54. The summed E-state index contributed by atoms with van der Waals surface area (Å²) in [5, 5.41) is 0. The molecule has 1 aliphatic heterocycles. The first-order valence-electron chi connectivity index (χ1n) is 7.20. The Morgan fingerprint density at radius 1 is 1.37 bits per heavy atom. The van der Waals surface area contributed by atoms with E-state index in [1.807, 2.05) is 12.1 Å². The molecule has 0 radical (unpaired) electrons. The van der Waals surface area contributed by atoms with Crippen molar-refractivity contribution in [1.82, 2.24) is 0 Å². The Morgan fingerprint density at radius 2 is 2.16 bits per heavy atom. The maximum atomic E-state index is 11.9. The van der Waals surface area contributed by atoms with Crippen molar-refractivity contribution >= 4 is 27.4 Å². The molecular formula is C16H22BrNO. The zero-order valence-corrected chi connectivity index (χ0v) is 13.4. The van der Waals surface area contributed by atoms with Crippen LogP contribution in [0.1, 0.15) is 56.3 Å². The van der Waals surface area contributed by atoms with Gasteiger partial charge in [0.25, 0.3) is 0 Å². The molecule has 1 fully saturated rings. The summed E-state index contributed by atoms with van der Waals surface area (Å²) in [6, 6.07) is 6.57. The van der Waals surface area contributed by atoms with Crippen LogP contribution in [0, 0.1) is 0 Å². The second kappa shape index (κ2) is 6.56. The Labute approximate surface area is 124 Å². The molecule has 0 saturated carbocycles. The number of rotatable bonds is 3. The molecule has 0 aliphatic carbocycles. The van der Waals surface area contributed by atoms with Crippen LogP contribution < -0.4 is 4.90 Å². The third kappa shape index (κ3) is 3.38. The van der Waals surface area contributed by atoms with Crippen molar-refractivity contribution in [2.45, 2.75) is 52.0 Å². The van der Waals surface area contributed by atoms with Crippen LogP contribution in [-0.4, -0.2) is 18.4 Å². The fourth-order valence-corrected chi connectivity index (χ4v) is 3.31. The minimum Gasteiger partial charge on any atom is -0.368 e. The standard InChI is InChI=1S/C16H22BrNO/c1-3-14-7-5-4-6-10-18(14)16-11-13(17)8-9-15(16)12(2)19/h8-9,11,14H,3-7,10H2,1-2H3. The van der Waals surface area contributed by atoms with E-state index in [0.29, 0.717) is 6.04 Å². The van der Waals surface area contributed by atoms with Crippen LogP contribution in [0.2, 0.25) is 0 Å². The number of ketones is 1. The van der Waals surface area contributed by atoms with Crippen molar-refractivity contribution < 1.29 is 4.79 Å². The van der Waals surface area contributed by atoms with E-state index < -0.39 is 0 Å². The molecule has 2 rings (SSSR count). The molecule has 0 aromatic heterocycles. The SMILES string of the molecule is CCC1CCCCCN1c1cc(Br)ccc1C(C)=O. The summed E-state index contributed by atoms with van der Waals surface area (Å²) in [7, 11) is 0. The highest BCUT2D eigenvalue weighted by Gasteiger charge is 2.23. The van der Waals surface area contributed by atoms with Gasteiger partial charge in [-0.05, 0) is 44.4 Å². The minimum atomic E-state index is 0.154. The Morgan fingerprint density at radius 3 is 2.84 bits per heavy atom. The molecule has 0 bridgehead atoms. The van der Waals surface area contributed by atoms with Gasteiger partial charge in [-0.15, -0.1) is 0 Å². The number of hydrogen-bond donors (Lipinski definition) is 0. The van der Waals surface area contributed by atoms with Crippen LogP contribution in [-0.2, 0) is 0 Å². The van der Waals surface area contributed by atoms with Crippen molar-refractivity contribution in [2.24, 2.45) is 0 Å². The minimum absolute atomic E-state index is 0.154. The number of Topliss-reactive ketones (excluding diaryl/α,β-unsaturated/α-hetero) is 1. The Hall–Kier alpha value is -0.830. The Bertz CT molecular complexity index is 458. The smallest absolute Gasteiger partial charge is 0.161 e. The van der Waals surface area contributed by atoms with Gasteiger partial charge < -0.3 is 4.90 Å². The fourth-order valence-electron chi connectivity index (χ4n) is 2.96. The van der Waals surface area contributed by atoms with E-state index in [4.69, 9.17) is 0 Å². The number of halogens is 1. The second-order valence-electron chi connectivity index (χ2n) is 5.32. The van der Waals surface area contributed by atoms with Gasteiger partial charge in [0.2, 0.25) is 0 Å². The highest BCUT2D eigenvalue weighted by atomic mass is 79.9. The van der Waals surface area contributed by atoms with Gasteiger partial charge in [-0.3, -0.25) is 4.79 Å². The molecule has 1 saturated heterocycles. The average Bonchev–Trinajstić information content (AvgIpc) is 2.63. The van der Waals surface area contributed by atoms with E-state index in [2.05, 4.69) is 33.8 Å². The zero-order valence-electron chi connectivity index (χ0n) is 11.8. The summed E-state index contributed by atoms with van der Waals surface area (Å²) in [4.78, 5) is 14.3. The van der Waals surface area contributed by atoms with Gasteiger partial charge >= 0.3 is 0 Å². The van der Waals surface area contributed by atoms with E-state index in [1.165, 1.54) is 25.7 Å². The monoisotopic (exact) mass is 323 g/mol. The van der Waals surface area contributed by atoms with Crippen LogP contribution in [0.4, 0.5) is 5.69 Å². The van der Waals surface area contributed by atoms with Gasteiger partial charge in [-0.2, -0.15) is 0 Å². The van der Waals surface area contributed by atoms with Crippen LogP contribution >= 0.6 is 15.9 Å². The molecule has 19 heavy (non-hydrogen) atoms. The van der Waals surface area contributed by atoms with Gasteiger partial charge in [0, 0.05) is 28.3 Å². The van der Waals surface area contributed by atoms with E-state index >= 15 is 0 Å². The second-order valence-corrected chi connectivity index (χ2v) is 6.24. The van der Waals surface area contributed by atoms with Crippen molar-refractivity contribution in [1.29, 1.82) is 0 Å². The van der Waals surface area contributed by atoms with Gasteiger partial charge in [-0.25, -0.2) is 0 Å². The first-order valence-corrected chi connectivity index (χ1v) is 8.00. The summed E-state index contributed by atoms with van der Waals surface area (Å²) in [5.74, 6) is 0.154. The van der Waals surface area contributed by atoms with Crippen molar-refractivity contribution in [2.75, 3.05) is 11.4 Å². The normalized spacial score (nSPS) is 20.2. The first-order chi connectivity index (χ1) is 9.13. The summed E-state index contributed by atoms with van der Waals surface area (Å²) in [5.41, 5.74) is 1.96. The Kier molecular flexibility index (Phi) is 5.03. The van der Waals surface area contributed by atoms with Crippen LogP contribution in [0.25, 0.3) is 0 Å². The largest absolute Gasteiger partial charge is 0.368 e.